The van der Waals surface area contributed by atoms with E-state index in [1.54, 1.807) is 18.2 Å². The van der Waals surface area contributed by atoms with Gasteiger partial charge in [-0.15, -0.1) is 0 Å². The molecule has 0 bridgehead atoms. The molecular formula is C14H17N3O3. The van der Waals surface area contributed by atoms with Gasteiger partial charge in [-0.2, -0.15) is 5.26 Å². The lowest BCUT2D eigenvalue weighted by molar-refractivity contribution is -0.139. The first kappa shape index (κ1) is 15.5. The molecule has 0 aliphatic rings. The molecule has 0 saturated carbocycles. The van der Waals surface area contributed by atoms with E-state index in [2.05, 4.69) is 0 Å². The summed E-state index contributed by atoms with van der Waals surface area (Å²) in [5.74, 6) is -1.55. The zero-order valence-electron chi connectivity index (χ0n) is 11.9. The number of carbonyl (C=O) groups is 2. The lowest BCUT2D eigenvalue weighted by Crippen LogP contribution is -2.42. The average Bonchev–Trinajstić information content (AvgIpc) is 2.38. The van der Waals surface area contributed by atoms with Crippen molar-refractivity contribution in [1.82, 2.24) is 0 Å². The molecule has 1 rings (SSSR count). The highest BCUT2D eigenvalue weighted by Gasteiger charge is 2.26. The molecule has 6 heteroatoms. The van der Waals surface area contributed by atoms with E-state index in [4.69, 9.17) is 5.11 Å². The number of carbonyl (C=O) groups excluding carboxylic acids is 1. The number of aliphatic carboxylic acids is 1. The van der Waals surface area contributed by atoms with Crippen molar-refractivity contribution in [1.29, 1.82) is 5.26 Å². The van der Waals surface area contributed by atoms with Crippen molar-refractivity contribution in [2.45, 2.75) is 19.9 Å². The Morgan fingerprint density at radius 3 is 2.35 bits per heavy atom. The number of benzene rings is 1. The topological polar surface area (TPSA) is 84.6 Å². The summed E-state index contributed by atoms with van der Waals surface area (Å²) < 4.78 is 0. The SMILES string of the molecule is CC(=O)N(c1ccc(N(C)C)cc1C#N)[C@H](C)C(=O)O. The zero-order valence-corrected chi connectivity index (χ0v) is 11.9. The van der Waals surface area contributed by atoms with Gasteiger partial charge in [0, 0.05) is 26.7 Å². The molecule has 0 aromatic heterocycles. The van der Waals surface area contributed by atoms with Crippen LogP contribution >= 0.6 is 0 Å². The quantitative estimate of drug-likeness (QED) is 0.899. The summed E-state index contributed by atoms with van der Waals surface area (Å²) in [7, 11) is 3.66. The van der Waals surface area contributed by atoms with E-state index < -0.39 is 17.9 Å². The van der Waals surface area contributed by atoms with Crippen LogP contribution < -0.4 is 9.80 Å². The van der Waals surface area contributed by atoms with E-state index in [-0.39, 0.29) is 5.56 Å². The van der Waals surface area contributed by atoms with Gasteiger partial charge in [-0.05, 0) is 25.1 Å². The second-order valence-electron chi connectivity index (χ2n) is 4.61. The third-order valence-electron chi connectivity index (χ3n) is 2.96. The van der Waals surface area contributed by atoms with Crippen LogP contribution in [0, 0.1) is 11.3 Å². The highest BCUT2D eigenvalue weighted by Crippen LogP contribution is 2.26. The Morgan fingerprint density at radius 2 is 1.95 bits per heavy atom. The number of nitriles is 1. The second kappa shape index (κ2) is 6.06. The largest absolute Gasteiger partial charge is 0.480 e. The summed E-state index contributed by atoms with van der Waals surface area (Å²) in [5.41, 5.74) is 1.37. The van der Waals surface area contributed by atoms with Crippen LogP contribution in [-0.2, 0) is 9.59 Å². The molecule has 1 aromatic rings. The Hall–Kier alpha value is -2.55. The number of carboxylic acids is 1. The van der Waals surface area contributed by atoms with Gasteiger partial charge in [0.2, 0.25) is 5.91 Å². The minimum absolute atomic E-state index is 0.263. The van der Waals surface area contributed by atoms with Gasteiger partial charge >= 0.3 is 5.97 Å². The van der Waals surface area contributed by atoms with Gasteiger partial charge in [-0.1, -0.05) is 0 Å². The fourth-order valence-electron chi connectivity index (χ4n) is 1.86. The molecule has 0 aliphatic carbocycles. The molecule has 0 radical (unpaired) electrons. The first-order valence-corrected chi connectivity index (χ1v) is 6.03. The third kappa shape index (κ3) is 3.06. The molecule has 6 nitrogen and oxygen atoms in total. The molecule has 0 fully saturated rings. The van der Waals surface area contributed by atoms with Crippen molar-refractivity contribution in [3.8, 4) is 6.07 Å². The van der Waals surface area contributed by atoms with E-state index in [0.29, 0.717) is 5.69 Å². The monoisotopic (exact) mass is 275 g/mol. The fraction of sp³-hybridized carbons (Fsp3) is 0.357. The molecule has 1 amide bonds. The van der Waals surface area contributed by atoms with Crippen LogP contribution in [0.25, 0.3) is 0 Å². The Balaban J connectivity index is 3.39. The molecular weight excluding hydrogens is 258 g/mol. The maximum absolute atomic E-state index is 11.7. The van der Waals surface area contributed by atoms with E-state index in [1.165, 1.54) is 13.8 Å². The average molecular weight is 275 g/mol. The summed E-state index contributed by atoms with van der Waals surface area (Å²) >= 11 is 0. The number of anilines is 2. The van der Waals surface area contributed by atoms with Gasteiger partial charge < -0.3 is 10.0 Å². The van der Waals surface area contributed by atoms with Crippen molar-refractivity contribution in [2.24, 2.45) is 0 Å². The van der Waals surface area contributed by atoms with E-state index in [9.17, 15) is 14.9 Å². The number of rotatable bonds is 4. The second-order valence-corrected chi connectivity index (χ2v) is 4.61. The third-order valence-corrected chi connectivity index (χ3v) is 2.96. The van der Waals surface area contributed by atoms with Crippen LogP contribution in [0.5, 0.6) is 0 Å². The highest BCUT2D eigenvalue weighted by molar-refractivity contribution is 5.99. The van der Waals surface area contributed by atoms with E-state index in [0.717, 1.165) is 10.6 Å². The predicted molar refractivity (Wildman–Crippen MR) is 75.7 cm³/mol. The summed E-state index contributed by atoms with van der Waals surface area (Å²) in [4.78, 5) is 25.8. The highest BCUT2D eigenvalue weighted by atomic mass is 16.4. The maximum Gasteiger partial charge on any atom is 0.326 e. The number of carboxylic acid groups (broad SMARTS) is 1. The summed E-state index contributed by atoms with van der Waals surface area (Å²) in [6.07, 6.45) is 0. The van der Waals surface area contributed by atoms with Crippen molar-refractivity contribution >= 4 is 23.3 Å². The lowest BCUT2D eigenvalue weighted by Gasteiger charge is -2.27. The number of amides is 1. The molecule has 0 unspecified atom stereocenters. The van der Waals surface area contributed by atoms with E-state index >= 15 is 0 Å². The van der Waals surface area contributed by atoms with Gasteiger partial charge in [0.05, 0.1) is 11.3 Å². The first-order chi connectivity index (χ1) is 9.29. The van der Waals surface area contributed by atoms with Crippen molar-refractivity contribution < 1.29 is 14.7 Å². The summed E-state index contributed by atoms with van der Waals surface area (Å²) in [5, 5.41) is 18.3. The van der Waals surface area contributed by atoms with Gasteiger partial charge in [0.1, 0.15) is 12.1 Å². The van der Waals surface area contributed by atoms with Crippen molar-refractivity contribution in [3.63, 3.8) is 0 Å². The van der Waals surface area contributed by atoms with Crippen LogP contribution in [0.3, 0.4) is 0 Å². The van der Waals surface area contributed by atoms with Crippen LogP contribution in [0.4, 0.5) is 11.4 Å². The lowest BCUT2D eigenvalue weighted by atomic mass is 10.1. The first-order valence-electron chi connectivity index (χ1n) is 6.03. The summed E-state index contributed by atoms with van der Waals surface area (Å²) in [6.45, 7) is 2.69. The minimum Gasteiger partial charge on any atom is -0.480 e. The normalized spacial score (nSPS) is 11.3. The number of nitrogens with zero attached hydrogens (tertiary/aromatic N) is 3. The van der Waals surface area contributed by atoms with Crippen LogP contribution in [0.15, 0.2) is 18.2 Å². The molecule has 0 aliphatic heterocycles. The molecule has 1 aromatic carbocycles. The Kier molecular flexibility index (Phi) is 4.70. The molecule has 20 heavy (non-hydrogen) atoms. The van der Waals surface area contributed by atoms with Crippen molar-refractivity contribution in [2.75, 3.05) is 23.9 Å². The standard InChI is InChI=1S/C14H17N3O3/c1-9(14(19)20)17(10(2)18)13-6-5-12(16(3)4)7-11(13)8-15/h5-7,9H,1-4H3,(H,19,20)/t9-/m1/s1. The molecule has 1 N–H and O–H groups in total. The molecule has 0 saturated heterocycles. The minimum atomic E-state index is -1.12. The Morgan fingerprint density at radius 1 is 1.35 bits per heavy atom. The van der Waals surface area contributed by atoms with Gasteiger partial charge in [0.15, 0.2) is 0 Å². The Bertz CT molecular complexity index is 576. The summed E-state index contributed by atoms with van der Waals surface area (Å²) in [6, 6.07) is 5.92. The van der Waals surface area contributed by atoms with Crippen LogP contribution in [0.2, 0.25) is 0 Å². The van der Waals surface area contributed by atoms with Crippen molar-refractivity contribution in [3.05, 3.63) is 23.8 Å². The Labute approximate surface area is 117 Å². The maximum atomic E-state index is 11.7. The molecule has 0 heterocycles. The number of hydrogen-bond donors (Lipinski definition) is 1. The van der Waals surface area contributed by atoms with Crippen LogP contribution in [-0.4, -0.2) is 37.1 Å². The zero-order chi connectivity index (χ0) is 15.4. The predicted octanol–water partition coefficient (Wildman–Crippen LogP) is 1.45. The van der Waals surface area contributed by atoms with Gasteiger partial charge in [0.25, 0.3) is 0 Å². The fourth-order valence-corrected chi connectivity index (χ4v) is 1.86. The molecule has 1 atom stereocenters. The molecule has 0 spiro atoms. The van der Waals surface area contributed by atoms with Gasteiger partial charge in [-0.25, -0.2) is 4.79 Å². The molecule has 106 valence electrons. The van der Waals surface area contributed by atoms with Crippen LogP contribution in [0.1, 0.15) is 19.4 Å². The number of hydrogen-bond acceptors (Lipinski definition) is 4. The van der Waals surface area contributed by atoms with Gasteiger partial charge in [-0.3, -0.25) is 9.69 Å². The smallest absolute Gasteiger partial charge is 0.326 e. The van der Waals surface area contributed by atoms with E-state index in [1.807, 2.05) is 25.1 Å².